The number of aromatic nitrogens is 3. The van der Waals surface area contributed by atoms with Gasteiger partial charge < -0.3 is 5.73 Å². The monoisotopic (exact) mass is 222 g/mol. The van der Waals surface area contributed by atoms with Crippen molar-refractivity contribution in [2.24, 2.45) is 11.7 Å². The van der Waals surface area contributed by atoms with Crippen LogP contribution < -0.4 is 5.73 Å². The van der Waals surface area contributed by atoms with Gasteiger partial charge in [-0.25, -0.2) is 4.68 Å². The molecule has 0 bridgehead atoms. The van der Waals surface area contributed by atoms with Gasteiger partial charge in [-0.1, -0.05) is 17.4 Å². The first kappa shape index (κ1) is 9.27. The smallest absolute Gasteiger partial charge is 0.143 e. The Labute approximate surface area is 93.8 Å². The Morgan fingerprint density at radius 2 is 2.13 bits per heavy atom. The fourth-order valence-corrected chi connectivity index (χ4v) is 2.06. The first-order chi connectivity index (χ1) is 7.25. The Kier molecular flexibility index (Phi) is 2.02. The fourth-order valence-electron chi connectivity index (χ4n) is 1.90. The van der Waals surface area contributed by atoms with Crippen molar-refractivity contribution in [3.63, 3.8) is 0 Å². The number of nitrogens with two attached hydrogens (primary N) is 1. The van der Waals surface area contributed by atoms with Crippen LogP contribution in [-0.4, -0.2) is 20.0 Å². The second-order valence-corrected chi connectivity index (χ2v) is 5.01. The zero-order valence-corrected chi connectivity index (χ0v) is 9.33. The lowest BCUT2D eigenvalue weighted by Gasteiger charge is -2.05. The highest BCUT2D eigenvalue weighted by Crippen LogP contribution is 2.38. The largest absolute Gasteiger partial charge is 0.388 e. The minimum absolute atomic E-state index is 0.387. The Morgan fingerprint density at radius 3 is 2.67 bits per heavy atom. The number of thiocarbonyl (C=S) groups is 1. The lowest BCUT2D eigenvalue weighted by atomic mass is 10.2. The summed E-state index contributed by atoms with van der Waals surface area (Å²) in [6, 6.07) is 0.564. The molecule has 0 aliphatic heterocycles. The van der Waals surface area contributed by atoms with Crippen LogP contribution in [0, 0.1) is 5.92 Å². The predicted molar refractivity (Wildman–Crippen MR) is 60.6 cm³/mol. The Hall–Kier alpha value is -0.970. The molecule has 5 heteroatoms. The van der Waals surface area contributed by atoms with E-state index in [0.717, 1.165) is 18.0 Å². The molecular weight excluding hydrogens is 208 g/mol. The van der Waals surface area contributed by atoms with Gasteiger partial charge in [0.1, 0.15) is 10.7 Å². The summed E-state index contributed by atoms with van der Waals surface area (Å²) in [6.45, 7) is 0. The van der Waals surface area contributed by atoms with Crippen LogP contribution in [0.15, 0.2) is 0 Å². The summed E-state index contributed by atoms with van der Waals surface area (Å²) in [5.41, 5.74) is 7.59. The molecule has 80 valence electrons. The topological polar surface area (TPSA) is 56.7 Å². The number of hydrogen-bond donors (Lipinski definition) is 1. The first-order valence-corrected chi connectivity index (χ1v) is 5.90. The average Bonchev–Trinajstić information content (AvgIpc) is 3.06. The highest BCUT2D eigenvalue weighted by molar-refractivity contribution is 7.80. The van der Waals surface area contributed by atoms with Crippen LogP contribution >= 0.6 is 12.2 Å². The summed E-state index contributed by atoms with van der Waals surface area (Å²) in [4.78, 5) is 0.387. The maximum absolute atomic E-state index is 5.66. The summed E-state index contributed by atoms with van der Waals surface area (Å²) in [5, 5.41) is 8.28. The molecule has 0 radical (unpaired) electrons. The van der Waals surface area contributed by atoms with Crippen molar-refractivity contribution in [3.05, 3.63) is 11.4 Å². The van der Waals surface area contributed by atoms with E-state index in [4.69, 9.17) is 18.0 Å². The van der Waals surface area contributed by atoms with Gasteiger partial charge in [0.2, 0.25) is 0 Å². The standard InChI is InChI=1S/C10H14N4S/c11-10(15)9-8(5-6-1-2-6)14(13-12-9)7-3-4-7/h6-7H,1-5H2,(H2,11,15). The molecule has 2 aliphatic rings. The lowest BCUT2D eigenvalue weighted by Crippen LogP contribution is -2.14. The van der Waals surface area contributed by atoms with Crippen LogP contribution in [0.25, 0.3) is 0 Å². The molecular formula is C10H14N4S. The molecule has 4 nitrogen and oxygen atoms in total. The van der Waals surface area contributed by atoms with E-state index in [9.17, 15) is 0 Å². The molecule has 0 atom stereocenters. The molecule has 2 saturated carbocycles. The van der Waals surface area contributed by atoms with Gasteiger partial charge in [0.15, 0.2) is 0 Å². The van der Waals surface area contributed by atoms with Crippen molar-refractivity contribution in [1.29, 1.82) is 0 Å². The zero-order valence-electron chi connectivity index (χ0n) is 8.52. The highest BCUT2D eigenvalue weighted by Gasteiger charge is 2.32. The molecule has 0 spiro atoms. The predicted octanol–water partition coefficient (Wildman–Crippen LogP) is 1.20. The van der Waals surface area contributed by atoms with Crippen molar-refractivity contribution in [2.45, 2.75) is 38.1 Å². The molecule has 0 amide bonds. The van der Waals surface area contributed by atoms with E-state index in [2.05, 4.69) is 10.3 Å². The Morgan fingerprint density at radius 1 is 1.40 bits per heavy atom. The van der Waals surface area contributed by atoms with Gasteiger partial charge in [-0.05, 0) is 38.0 Å². The Bertz CT molecular complexity index is 404. The van der Waals surface area contributed by atoms with Crippen LogP contribution in [0.1, 0.15) is 43.1 Å². The maximum atomic E-state index is 5.66. The fraction of sp³-hybridized carbons (Fsp3) is 0.700. The van der Waals surface area contributed by atoms with Gasteiger partial charge in [-0.2, -0.15) is 0 Å². The average molecular weight is 222 g/mol. The summed E-state index contributed by atoms with van der Waals surface area (Å²) in [6.07, 6.45) is 6.14. The van der Waals surface area contributed by atoms with Crippen LogP contribution in [0.5, 0.6) is 0 Å². The van der Waals surface area contributed by atoms with Gasteiger partial charge in [0.25, 0.3) is 0 Å². The minimum atomic E-state index is 0.387. The van der Waals surface area contributed by atoms with Crippen LogP contribution in [0.3, 0.4) is 0 Å². The third-order valence-electron chi connectivity index (χ3n) is 3.10. The number of rotatable bonds is 4. The third kappa shape index (κ3) is 1.76. The normalized spacial score (nSPS) is 20.5. The van der Waals surface area contributed by atoms with Crippen molar-refractivity contribution in [1.82, 2.24) is 15.0 Å². The minimum Gasteiger partial charge on any atom is -0.388 e. The second kappa shape index (κ2) is 3.27. The van der Waals surface area contributed by atoms with Gasteiger partial charge in [0, 0.05) is 0 Å². The van der Waals surface area contributed by atoms with E-state index in [1.165, 1.54) is 31.4 Å². The van der Waals surface area contributed by atoms with Gasteiger partial charge in [-0.15, -0.1) is 5.10 Å². The molecule has 15 heavy (non-hydrogen) atoms. The molecule has 0 aromatic carbocycles. The van der Waals surface area contributed by atoms with E-state index >= 15 is 0 Å². The summed E-state index contributed by atoms with van der Waals surface area (Å²) in [7, 11) is 0. The van der Waals surface area contributed by atoms with Gasteiger partial charge in [0.05, 0.1) is 11.7 Å². The second-order valence-electron chi connectivity index (χ2n) is 4.57. The van der Waals surface area contributed by atoms with Gasteiger partial charge in [-0.3, -0.25) is 0 Å². The van der Waals surface area contributed by atoms with Gasteiger partial charge >= 0.3 is 0 Å². The molecule has 2 fully saturated rings. The zero-order chi connectivity index (χ0) is 10.4. The molecule has 1 aromatic rings. The molecule has 1 aromatic heterocycles. The SMILES string of the molecule is NC(=S)c1nnn(C2CC2)c1CC1CC1. The summed E-state index contributed by atoms with van der Waals surface area (Å²) >= 11 is 5.01. The molecule has 0 unspecified atom stereocenters. The van der Waals surface area contributed by atoms with Crippen molar-refractivity contribution >= 4 is 17.2 Å². The molecule has 0 saturated heterocycles. The van der Waals surface area contributed by atoms with Crippen molar-refractivity contribution in [3.8, 4) is 0 Å². The molecule has 3 rings (SSSR count). The van der Waals surface area contributed by atoms with Crippen molar-refractivity contribution < 1.29 is 0 Å². The Balaban J connectivity index is 1.94. The van der Waals surface area contributed by atoms with Crippen LogP contribution in [0.2, 0.25) is 0 Å². The van der Waals surface area contributed by atoms with E-state index < -0.39 is 0 Å². The number of hydrogen-bond acceptors (Lipinski definition) is 3. The first-order valence-electron chi connectivity index (χ1n) is 5.49. The number of nitrogens with zero attached hydrogens (tertiary/aromatic N) is 3. The third-order valence-corrected chi connectivity index (χ3v) is 3.29. The highest BCUT2D eigenvalue weighted by atomic mass is 32.1. The molecule has 2 N–H and O–H groups in total. The van der Waals surface area contributed by atoms with E-state index in [1.54, 1.807) is 0 Å². The summed E-state index contributed by atoms with van der Waals surface area (Å²) in [5.74, 6) is 0.814. The lowest BCUT2D eigenvalue weighted by molar-refractivity contribution is 0.571. The van der Waals surface area contributed by atoms with Crippen LogP contribution in [0.4, 0.5) is 0 Å². The molecule has 2 aliphatic carbocycles. The van der Waals surface area contributed by atoms with E-state index in [0.29, 0.717) is 11.0 Å². The van der Waals surface area contributed by atoms with E-state index in [1.807, 2.05) is 4.68 Å². The van der Waals surface area contributed by atoms with Crippen LogP contribution in [-0.2, 0) is 6.42 Å². The molecule has 1 heterocycles. The maximum Gasteiger partial charge on any atom is 0.143 e. The quantitative estimate of drug-likeness (QED) is 0.778. The summed E-state index contributed by atoms with van der Waals surface area (Å²) < 4.78 is 2.05. The van der Waals surface area contributed by atoms with E-state index in [-0.39, 0.29) is 0 Å². The van der Waals surface area contributed by atoms with Crippen molar-refractivity contribution in [2.75, 3.05) is 0 Å².